The molecule has 1 unspecified atom stereocenters. The van der Waals surface area contributed by atoms with Crippen LogP contribution in [0.25, 0.3) is 0 Å². The van der Waals surface area contributed by atoms with E-state index in [0.29, 0.717) is 0 Å². The number of amides is 2. The first-order valence-corrected chi connectivity index (χ1v) is 6.02. The van der Waals surface area contributed by atoms with Crippen LogP contribution in [-0.4, -0.2) is 50.0 Å². The molecule has 0 aliphatic heterocycles. The van der Waals surface area contributed by atoms with Crippen LogP contribution < -0.4 is 10.6 Å². The zero-order valence-corrected chi connectivity index (χ0v) is 11.5. The van der Waals surface area contributed by atoms with Gasteiger partial charge in [-0.2, -0.15) is 0 Å². The SMILES string of the molecule is CC(C)NC(=O)C(C)NC(=O)Cn1cc(C(=O)O)nn1. The van der Waals surface area contributed by atoms with Crippen molar-refractivity contribution in [1.29, 1.82) is 0 Å². The summed E-state index contributed by atoms with van der Waals surface area (Å²) in [6, 6.07) is -0.706. The van der Waals surface area contributed by atoms with E-state index in [9.17, 15) is 14.4 Å². The molecule has 3 N–H and O–H groups in total. The van der Waals surface area contributed by atoms with Gasteiger partial charge in [0.05, 0.1) is 6.20 Å². The fourth-order valence-corrected chi connectivity index (χ4v) is 1.38. The van der Waals surface area contributed by atoms with Crippen LogP contribution in [0.15, 0.2) is 6.20 Å². The Kier molecular flexibility index (Phi) is 5.18. The average molecular weight is 283 g/mol. The highest BCUT2D eigenvalue weighted by molar-refractivity contribution is 5.87. The summed E-state index contributed by atoms with van der Waals surface area (Å²) in [5, 5.41) is 20.7. The fraction of sp³-hybridized carbons (Fsp3) is 0.545. The van der Waals surface area contributed by atoms with E-state index >= 15 is 0 Å². The lowest BCUT2D eigenvalue weighted by atomic mass is 10.3. The number of carbonyl (C=O) groups is 3. The highest BCUT2D eigenvalue weighted by Crippen LogP contribution is 1.93. The van der Waals surface area contributed by atoms with Gasteiger partial charge in [-0.05, 0) is 20.8 Å². The summed E-state index contributed by atoms with van der Waals surface area (Å²) in [5.74, 6) is -1.97. The van der Waals surface area contributed by atoms with Crippen molar-refractivity contribution in [3.05, 3.63) is 11.9 Å². The first-order chi connectivity index (χ1) is 9.29. The van der Waals surface area contributed by atoms with Crippen LogP contribution in [-0.2, 0) is 16.1 Å². The van der Waals surface area contributed by atoms with Gasteiger partial charge >= 0.3 is 5.97 Å². The van der Waals surface area contributed by atoms with E-state index in [1.165, 1.54) is 0 Å². The lowest BCUT2D eigenvalue weighted by molar-refractivity contribution is -0.129. The number of hydrogen-bond donors (Lipinski definition) is 3. The van der Waals surface area contributed by atoms with Gasteiger partial charge in [0, 0.05) is 6.04 Å². The van der Waals surface area contributed by atoms with Crippen LogP contribution >= 0.6 is 0 Å². The Bertz CT molecular complexity index is 511. The third-order valence-electron chi connectivity index (χ3n) is 2.27. The van der Waals surface area contributed by atoms with E-state index in [-0.39, 0.29) is 24.2 Å². The first kappa shape index (κ1) is 15.6. The molecular weight excluding hydrogens is 266 g/mol. The minimum atomic E-state index is -1.22. The minimum absolute atomic E-state index is 0.0182. The molecule has 0 saturated carbocycles. The molecule has 1 aromatic heterocycles. The van der Waals surface area contributed by atoms with Crippen LogP contribution in [0.2, 0.25) is 0 Å². The van der Waals surface area contributed by atoms with Gasteiger partial charge in [0.2, 0.25) is 11.8 Å². The molecule has 1 atom stereocenters. The number of carboxylic acid groups (broad SMARTS) is 1. The number of aromatic nitrogens is 3. The Labute approximate surface area is 115 Å². The lowest BCUT2D eigenvalue weighted by Gasteiger charge is -2.15. The van der Waals surface area contributed by atoms with Gasteiger partial charge < -0.3 is 15.7 Å². The largest absolute Gasteiger partial charge is 0.476 e. The van der Waals surface area contributed by atoms with Gasteiger partial charge in [0.25, 0.3) is 0 Å². The third kappa shape index (κ3) is 4.67. The molecule has 110 valence electrons. The van der Waals surface area contributed by atoms with Crippen molar-refractivity contribution >= 4 is 17.8 Å². The van der Waals surface area contributed by atoms with Gasteiger partial charge in [-0.15, -0.1) is 5.10 Å². The van der Waals surface area contributed by atoms with E-state index in [2.05, 4.69) is 20.9 Å². The normalized spacial score (nSPS) is 12.0. The number of carbonyl (C=O) groups excluding carboxylic acids is 2. The molecule has 0 fully saturated rings. The van der Waals surface area contributed by atoms with E-state index in [1.807, 2.05) is 13.8 Å². The molecule has 0 aromatic carbocycles. The molecule has 0 spiro atoms. The fourth-order valence-electron chi connectivity index (χ4n) is 1.38. The van der Waals surface area contributed by atoms with E-state index in [1.54, 1.807) is 6.92 Å². The third-order valence-corrected chi connectivity index (χ3v) is 2.27. The topological polar surface area (TPSA) is 126 Å². The number of nitrogens with one attached hydrogen (secondary N) is 2. The van der Waals surface area contributed by atoms with Crippen molar-refractivity contribution in [2.45, 2.75) is 39.4 Å². The number of hydrogen-bond acceptors (Lipinski definition) is 5. The summed E-state index contributed by atoms with van der Waals surface area (Å²) < 4.78 is 1.09. The van der Waals surface area contributed by atoms with Crippen molar-refractivity contribution < 1.29 is 19.5 Å². The first-order valence-electron chi connectivity index (χ1n) is 6.02. The van der Waals surface area contributed by atoms with Crippen molar-refractivity contribution in [2.24, 2.45) is 0 Å². The van der Waals surface area contributed by atoms with Gasteiger partial charge in [-0.3, -0.25) is 9.59 Å². The maximum atomic E-state index is 11.7. The van der Waals surface area contributed by atoms with Gasteiger partial charge in [0.15, 0.2) is 5.69 Å². The van der Waals surface area contributed by atoms with Crippen molar-refractivity contribution in [3.8, 4) is 0 Å². The highest BCUT2D eigenvalue weighted by atomic mass is 16.4. The summed E-state index contributed by atoms with van der Waals surface area (Å²) in [5.41, 5.74) is -0.247. The lowest BCUT2D eigenvalue weighted by Crippen LogP contribution is -2.47. The summed E-state index contributed by atoms with van der Waals surface area (Å²) in [7, 11) is 0. The molecule has 20 heavy (non-hydrogen) atoms. The average Bonchev–Trinajstić information content (AvgIpc) is 2.76. The van der Waals surface area contributed by atoms with Crippen LogP contribution in [0.5, 0.6) is 0 Å². The van der Waals surface area contributed by atoms with Crippen LogP contribution in [0, 0.1) is 0 Å². The quantitative estimate of drug-likeness (QED) is 0.615. The monoisotopic (exact) mass is 283 g/mol. The maximum Gasteiger partial charge on any atom is 0.358 e. The van der Waals surface area contributed by atoms with E-state index in [4.69, 9.17) is 5.11 Å². The van der Waals surface area contributed by atoms with E-state index in [0.717, 1.165) is 10.9 Å². The van der Waals surface area contributed by atoms with Crippen molar-refractivity contribution in [3.63, 3.8) is 0 Å². The second-order valence-corrected chi connectivity index (χ2v) is 4.56. The molecule has 0 radical (unpaired) electrons. The summed E-state index contributed by atoms with van der Waals surface area (Å²) in [6.07, 6.45) is 1.14. The number of rotatable bonds is 6. The zero-order valence-electron chi connectivity index (χ0n) is 11.5. The van der Waals surface area contributed by atoms with Gasteiger partial charge in [0.1, 0.15) is 12.6 Å². The summed E-state index contributed by atoms with van der Waals surface area (Å²) in [6.45, 7) is 4.98. The van der Waals surface area contributed by atoms with Gasteiger partial charge in [-0.1, -0.05) is 5.21 Å². The maximum absolute atomic E-state index is 11.7. The second-order valence-electron chi connectivity index (χ2n) is 4.56. The summed E-state index contributed by atoms with van der Waals surface area (Å²) >= 11 is 0. The number of aromatic carboxylic acids is 1. The predicted octanol–water partition coefficient (Wildman–Crippen LogP) is -0.994. The van der Waals surface area contributed by atoms with Crippen molar-refractivity contribution in [2.75, 3.05) is 0 Å². The smallest absolute Gasteiger partial charge is 0.358 e. The Hall–Kier alpha value is -2.45. The molecular formula is C11H17N5O4. The second kappa shape index (κ2) is 6.64. The Morgan fingerprint density at radius 3 is 2.45 bits per heavy atom. The standard InChI is InChI=1S/C11H17N5O4/c1-6(2)12-10(18)7(3)13-9(17)5-16-4-8(11(19)20)14-15-16/h4,6-7H,5H2,1-3H3,(H,12,18)(H,13,17)(H,19,20). The van der Waals surface area contributed by atoms with Crippen LogP contribution in [0.4, 0.5) is 0 Å². The predicted molar refractivity (Wildman–Crippen MR) is 67.9 cm³/mol. The molecule has 1 heterocycles. The summed E-state index contributed by atoms with van der Waals surface area (Å²) in [4.78, 5) is 33.9. The van der Waals surface area contributed by atoms with Crippen LogP contribution in [0.3, 0.4) is 0 Å². The molecule has 1 aromatic rings. The zero-order chi connectivity index (χ0) is 15.3. The Morgan fingerprint density at radius 2 is 1.95 bits per heavy atom. The highest BCUT2D eigenvalue weighted by Gasteiger charge is 2.17. The Balaban J connectivity index is 2.50. The molecule has 9 nitrogen and oxygen atoms in total. The molecule has 0 aliphatic carbocycles. The molecule has 1 rings (SSSR count). The van der Waals surface area contributed by atoms with Gasteiger partial charge in [-0.25, -0.2) is 9.48 Å². The molecule has 9 heteroatoms. The molecule has 2 amide bonds. The van der Waals surface area contributed by atoms with E-state index < -0.39 is 17.9 Å². The van der Waals surface area contributed by atoms with Crippen LogP contribution in [0.1, 0.15) is 31.3 Å². The minimum Gasteiger partial charge on any atom is -0.476 e. The number of carboxylic acids is 1. The van der Waals surface area contributed by atoms with Crippen molar-refractivity contribution in [1.82, 2.24) is 25.6 Å². The molecule has 0 bridgehead atoms. The molecule has 0 saturated heterocycles. The molecule has 0 aliphatic rings. The Morgan fingerprint density at radius 1 is 1.30 bits per heavy atom. The number of nitrogens with zero attached hydrogens (tertiary/aromatic N) is 3.